The van der Waals surface area contributed by atoms with E-state index in [9.17, 15) is 17.6 Å². The van der Waals surface area contributed by atoms with Gasteiger partial charge in [0.2, 0.25) is 10.0 Å². The molecule has 0 N–H and O–H groups in total. The summed E-state index contributed by atoms with van der Waals surface area (Å²) in [6.07, 6.45) is 2.10. The second kappa shape index (κ2) is 9.07. The summed E-state index contributed by atoms with van der Waals surface area (Å²) in [6, 6.07) is 11.5. The zero-order valence-corrected chi connectivity index (χ0v) is 19.3. The topological polar surface area (TPSA) is 64.2 Å². The van der Waals surface area contributed by atoms with Gasteiger partial charge in [-0.05, 0) is 43.2 Å². The molecule has 0 spiro atoms. The number of amides is 1. The van der Waals surface area contributed by atoms with Crippen LogP contribution in [-0.4, -0.2) is 76.9 Å². The standard InChI is InChI=1S/C23H29FN4O3S/c1-25(2)32(30,31)18-9-10-21(26-11-5-6-12-26)19(17-18)23(29)28-15-13-27(14-16-28)22-8-4-3-7-20(22)24/h3-4,7-10,17H,5-6,11-16H2,1-2H3. The largest absolute Gasteiger partial charge is 0.371 e. The summed E-state index contributed by atoms with van der Waals surface area (Å²) in [5.74, 6) is -0.457. The zero-order valence-electron chi connectivity index (χ0n) is 18.5. The number of nitrogens with zero attached hydrogens (tertiary/aromatic N) is 4. The minimum absolute atomic E-state index is 0.110. The molecule has 0 atom stereocenters. The molecule has 2 aromatic rings. The highest BCUT2D eigenvalue weighted by molar-refractivity contribution is 7.89. The Morgan fingerprint density at radius 1 is 0.875 bits per heavy atom. The molecule has 0 saturated carbocycles. The van der Waals surface area contributed by atoms with Crippen molar-refractivity contribution in [1.29, 1.82) is 0 Å². The second-order valence-corrected chi connectivity index (χ2v) is 10.5. The predicted molar refractivity (Wildman–Crippen MR) is 123 cm³/mol. The van der Waals surface area contributed by atoms with Crippen molar-refractivity contribution in [2.75, 3.05) is 63.2 Å². The third-order valence-corrected chi connectivity index (χ3v) is 7.99. The van der Waals surface area contributed by atoms with Gasteiger partial charge in [0.05, 0.1) is 16.1 Å². The Kier molecular flexibility index (Phi) is 6.39. The van der Waals surface area contributed by atoms with E-state index in [1.807, 2.05) is 4.90 Å². The van der Waals surface area contributed by atoms with Gasteiger partial charge in [-0.15, -0.1) is 0 Å². The lowest BCUT2D eigenvalue weighted by molar-refractivity contribution is 0.0747. The molecule has 2 aliphatic heterocycles. The normalized spacial score (nSPS) is 17.3. The van der Waals surface area contributed by atoms with Gasteiger partial charge in [0.15, 0.2) is 0 Å². The number of hydrogen-bond acceptors (Lipinski definition) is 5. The van der Waals surface area contributed by atoms with Gasteiger partial charge in [-0.25, -0.2) is 17.1 Å². The quantitative estimate of drug-likeness (QED) is 0.687. The van der Waals surface area contributed by atoms with Crippen LogP contribution in [0.5, 0.6) is 0 Å². The maximum atomic E-state index is 14.2. The number of benzene rings is 2. The van der Waals surface area contributed by atoms with Gasteiger partial charge >= 0.3 is 0 Å². The number of carbonyl (C=O) groups excluding carboxylic acids is 1. The summed E-state index contributed by atoms with van der Waals surface area (Å²) in [4.78, 5) is 19.5. The summed E-state index contributed by atoms with van der Waals surface area (Å²) in [6.45, 7) is 3.61. The lowest BCUT2D eigenvalue weighted by Gasteiger charge is -2.37. The van der Waals surface area contributed by atoms with Gasteiger partial charge in [0.25, 0.3) is 5.91 Å². The molecule has 2 aromatic carbocycles. The maximum absolute atomic E-state index is 14.2. The van der Waals surface area contributed by atoms with Crippen LogP contribution >= 0.6 is 0 Å². The monoisotopic (exact) mass is 460 g/mol. The van der Waals surface area contributed by atoms with E-state index >= 15 is 0 Å². The fourth-order valence-corrected chi connectivity index (χ4v) is 5.25. The SMILES string of the molecule is CN(C)S(=O)(=O)c1ccc(N2CCCC2)c(C(=O)N2CCN(c3ccccc3F)CC2)c1. The van der Waals surface area contributed by atoms with Crippen LogP contribution in [0.4, 0.5) is 15.8 Å². The molecule has 0 aliphatic carbocycles. The summed E-state index contributed by atoms with van der Waals surface area (Å²) < 4.78 is 40.7. The average molecular weight is 461 g/mol. The first-order valence-corrected chi connectivity index (χ1v) is 12.3. The molecule has 0 bridgehead atoms. The third-order valence-electron chi connectivity index (χ3n) is 6.18. The van der Waals surface area contributed by atoms with Crippen molar-refractivity contribution >= 4 is 27.3 Å². The summed E-state index contributed by atoms with van der Waals surface area (Å²) in [5, 5.41) is 0. The molecular weight excluding hydrogens is 431 g/mol. The van der Waals surface area contributed by atoms with E-state index in [4.69, 9.17) is 0 Å². The van der Waals surface area contributed by atoms with Crippen molar-refractivity contribution in [2.45, 2.75) is 17.7 Å². The second-order valence-electron chi connectivity index (χ2n) is 8.39. The fourth-order valence-electron chi connectivity index (χ4n) is 4.32. The summed E-state index contributed by atoms with van der Waals surface area (Å²) in [5.41, 5.74) is 1.73. The van der Waals surface area contributed by atoms with Crippen LogP contribution in [0, 0.1) is 5.82 Å². The first kappa shape index (κ1) is 22.5. The number of piperazine rings is 1. The molecule has 1 amide bonds. The van der Waals surface area contributed by atoms with Crippen LogP contribution in [-0.2, 0) is 10.0 Å². The Morgan fingerprint density at radius 3 is 2.12 bits per heavy atom. The molecule has 172 valence electrons. The molecule has 0 unspecified atom stereocenters. The van der Waals surface area contributed by atoms with Gasteiger partial charge in [-0.3, -0.25) is 4.79 Å². The van der Waals surface area contributed by atoms with E-state index in [1.54, 1.807) is 35.2 Å². The van der Waals surface area contributed by atoms with Crippen LogP contribution in [0.2, 0.25) is 0 Å². The van der Waals surface area contributed by atoms with Crippen LogP contribution < -0.4 is 9.80 Å². The van der Waals surface area contributed by atoms with Gasteiger partial charge in [-0.2, -0.15) is 0 Å². The van der Waals surface area contributed by atoms with Crippen LogP contribution in [0.1, 0.15) is 23.2 Å². The molecule has 2 aliphatic rings. The lowest BCUT2D eigenvalue weighted by atomic mass is 10.1. The number of para-hydroxylation sites is 1. The maximum Gasteiger partial charge on any atom is 0.256 e. The van der Waals surface area contributed by atoms with Gasteiger partial charge in [0, 0.05) is 59.1 Å². The van der Waals surface area contributed by atoms with Gasteiger partial charge in [0.1, 0.15) is 5.82 Å². The number of anilines is 2. The van der Waals surface area contributed by atoms with Crippen molar-refractivity contribution in [3.05, 3.63) is 53.8 Å². The Bertz CT molecular complexity index is 1090. The van der Waals surface area contributed by atoms with Crippen molar-refractivity contribution in [3.8, 4) is 0 Å². The highest BCUT2D eigenvalue weighted by Gasteiger charge is 2.29. The number of carbonyl (C=O) groups is 1. The molecule has 7 nitrogen and oxygen atoms in total. The van der Waals surface area contributed by atoms with E-state index in [2.05, 4.69) is 4.90 Å². The molecule has 9 heteroatoms. The molecule has 4 rings (SSSR count). The summed E-state index contributed by atoms with van der Waals surface area (Å²) >= 11 is 0. The van der Waals surface area contributed by atoms with Crippen molar-refractivity contribution in [3.63, 3.8) is 0 Å². The predicted octanol–water partition coefficient (Wildman–Crippen LogP) is 2.64. The number of sulfonamides is 1. The van der Waals surface area contributed by atoms with E-state index in [0.29, 0.717) is 37.4 Å². The number of rotatable bonds is 5. The molecule has 2 heterocycles. The molecule has 32 heavy (non-hydrogen) atoms. The minimum Gasteiger partial charge on any atom is -0.371 e. The van der Waals surface area contributed by atoms with Crippen molar-refractivity contribution in [1.82, 2.24) is 9.21 Å². The van der Waals surface area contributed by atoms with E-state index < -0.39 is 10.0 Å². The molecule has 0 aromatic heterocycles. The number of hydrogen-bond donors (Lipinski definition) is 0. The van der Waals surface area contributed by atoms with E-state index in [0.717, 1.165) is 35.9 Å². The molecular formula is C23H29FN4O3S. The highest BCUT2D eigenvalue weighted by Crippen LogP contribution is 2.30. The van der Waals surface area contributed by atoms with Gasteiger partial charge in [-0.1, -0.05) is 12.1 Å². The first-order valence-electron chi connectivity index (χ1n) is 10.9. The third kappa shape index (κ3) is 4.31. The van der Waals surface area contributed by atoms with Gasteiger partial charge < -0.3 is 14.7 Å². The lowest BCUT2D eigenvalue weighted by Crippen LogP contribution is -2.49. The van der Waals surface area contributed by atoms with Crippen molar-refractivity contribution in [2.24, 2.45) is 0 Å². The summed E-state index contributed by atoms with van der Waals surface area (Å²) in [7, 11) is -0.701. The molecule has 2 saturated heterocycles. The van der Waals surface area contributed by atoms with E-state index in [1.165, 1.54) is 26.2 Å². The van der Waals surface area contributed by atoms with Crippen LogP contribution in [0.3, 0.4) is 0 Å². The van der Waals surface area contributed by atoms with Crippen LogP contribution in [0.25, 0.3) is 0 Å². The van der Waals surface area contributed by atoms with Crippen LogP contribution in [0.15, 0.2) is 47.4 Å². The average Bonchev–Trinajstić information content (AvgIpc) is 3.33. The Hall–Kier alpha value is -2.65. The van der Waals surface area contributed by atoms with E-state index in [-0.39, 0.29) is 16.6 Å². The minimum atomic E-state index is -3.66. The fraction of sp³-hybridized carbons (Fsp3) is 0.435. The Balaban J connectivity index is 1.60. The van der Waals surface area contributed by atoms with Crippen molar-refractivity contribution < 1.29 is 17.6 Å². The molecule has 2 fully saturated rings. The number of halogens is 1. The zero-order chi connectivity index (χ0) is 22.9. The first-order chi connectivity index (χ1) is 15.3. The Morgan fingerprint density at radius 2 is 1.50 bits per heavy atom. The Labute approximate surface area is 189 Å². The molecule has 0 radical (unpaired) electrons. The highest BCUT2D eigenvalue weighted by atomic mass is 32.2. The smallest absolute Gasteiger partial charge is 0.256 e.